The van der Waals surface area contributed by atoms with Crippen molar-refractivity contribution in [2.45, 2.75) is 16.2 Å². The maximum atomic E-state index is 11.9. The van der Waals surface area contributed by atoms with Gasteiger partial charge >= 0.3 is 5.51 Å². The van der Waals surface area contributed by atoms with E-state index >= 15 is 0 Å². The maximum Gasteiger partial charge on any atom is 0.446 e. The van der Waals surface area contributed by atoms with E-state index in [9.17, 15) is 13.2 Å². The van der Waals surface area contributed by atoms with Gasteiger partial charge in [0.2, 0.25) is 0 Å². The summed E-state index contributed by atoms with van der Waals surface area (Å²) in [6.45, 7) is 0. The highest BCUT2D eigenvalue weighted by atomic mass is 32.2. The van der Waals surface area contributed by atoms with Crippen molar-refractivity contribution in [1.82, 2.24) is 0 Å². The molecule has 1 aromatic carbocycles. The molecule has 0 amide bonds. The number of hydrogen-bond acceptors (Lipinski definition) is 2. The van der Waals surface area contributed by atoms with E-state index in [2.05, 4.69) is 12.6 Å². The molecule has 0 aliphatic carbocycles. The SMILES string of the molecule is FC(F)(F)Sc1cccc(CS)c1. The van der Waals surface area contributed by atoms with Crippen LogP contribution in [-0.2, 0) is 5.75 Å². The first-order valence-electron chi connectivity index (χ1n) is 3.47. The van der Waals surface area contributed by atoms with Crippen LogP contribution in [0.25, 0.3) is 0 Å². The van der Waals surface area contributed by atoms with Crippen LogP contribution in [0.5, 0.6) is 0 Å². The van der Waals surface area contributed by atoms with Gasteiger partial charge < -0.3 is 0 Å². The number of thioether (sulfide) groups is 1. The summed E-state index contributed by atoms with van der Waals surface area (Å²) < 4.78 is 35.8. The van der Waals surface area contributed by atoms with Crippen molar-refractivity contribution in [3.63, 3.8) is 0 Å². The summed E-state index contributed by atoms with van der Waals surface area (Å²) in [4.78, 5) is 0.207. The quantitative estimate of drug-likeness (QED) is 0.590. The molecule has 0 saturated carbocycles. The Balaban J connectivity index is 2.78. The molecule has 0 aromatic heterocycles. The van der Waals surface area contributed by atoms with E-state index in [1.54, 1.807) is 12.1 Å². The van der Waals surface area contributed by atoms with Crippen LogP contribution in [0.2, 0.25) is 0 Å². The summed E-state index contributed by atoms with van der Waals surface area (Å²) in [5.74, 6) is 0.451. The van der Waals surface area contributed by atoms with E-state index in [1.165, 1.54) is 12.1 Å². The van der Waals surface area contributed by atoms with E-state index in [1.807, 2.05) is 0 Å². The van der Waals surface area contributed by atoms with Crippen LogP contribution in [0, 0.1) is 0 Å². The zero-order valence-electron chi connectivity index (χ0n) is 6.51. The first kappa shape index (κ1) is 10.8. The number of hydrogen-bond donors (Lipinski definition) is 1. The molecule has 13 heavy (non-hydrogen) atoms. The van der Waals surface area contributed by atoms with Crippen LogP contribution < -0.4 is 0 Å². The molecule has 0 fully saturated rings. The number of alkyl halides is 3. The number of thiol groups is 1. The lowest BCUT2D eigenvalue weighted by atomic mass is 10.2. The summed E-state index contributed by atoms with van der Waals surface area (Å²) in [5, 5.41) is 0. The third-order valence-corrected chi connectivity index (χ3v) is 2.40. The molecule has 0 unspecified atom stereocenters. The van der Waals surface area contributed by atoms with Crippen molar-refractivity contribution < 1.29 is 13.2 Å². The second-order valence-electron chi connectivity index (χ2n) is 2.35. The minimum atomic E-state index is -4.21. The second-order valence-corrected chi connectivity index (χ2v) is 3.81. The zero-order chi connectivity index (χ0) is 9.90. The van der Waals surface area contributed by atoms with E-state index in [0.717, 1.165) is 5.56 Å². The van der Waals surface area contributed by atoms with Crippen LogP contribution in [0.3, 0.4) is 0 Å². The molecule has 5 heteroatoms. The first-order chi connectivity index (χ1) is 6.01. The molecule has 0 N–H and O–H groups in total. The van der Waals surface area contributed by atoms with E-state index in [-0.39, 0.29) is 16.7 Å². The summed E-state index contributed by atoms with van der Waals surface area (Å²) in [6.07, 6.45) is 0. The Labute approximate surface area is 83.9 Å². The Bertz CT molecular complexity index is 283. The molecule has 0 aliphatic rings. The average molecular weight is 224 g/mol. The molecule has 0 spiro atoms. The highest BCUT2D eigenvalue weighted by Gasteiger charge is 2.29. The van der Waals surface area contributed by atoms with Gasteiger partial charge in [0.05, 0.1) is 0 Å². The molecule has 1 rings (SSSR count). The van der Waals surface area contributed by atoms with Crippen molar-refractivity contribution >= 4 is 24.4 Å². The molecule has 0 heterocycles. The largest absolute Gasteiger partial charge is 0.446 e. The zero-order valence-corrected chi connectivity index (χ0v) is 8.22. The van der Waals surface area contributed by atoms with Crippen LogP contribution >= 0.6 is 24.4 Å². The number of rotatable bonds is 2. The molecule has 0 nitrogen and oxygen atoms in total. The Hall–Kier alpha value is -0.290. The van der Waals surface area contributed by atoms with E-state index < -0.39 is 5.51 Å². The fourth-order valence-electron chi connectivity index (χ4n) is 0.841. The van der Waals surface area contributed by atoms with Gasteiger partial charge in [-0.2, -0.15) is 25.8 Å². The van der Waals surface area contributed by atoms with Gasteiger partial charge in [0.1, 0.15) is 0 Å². The number of benzene rings is 1. The predicted molar refractivity (Wildman–Crippen MR) is 51.0 cm³/mol. The molecular weight excluding hydrogens is 217 g/mol. The Morgan fingerprint density at radius 2 is 2.00 bits per heavy atom. The maximum absolute atomic E-state index is 11.9. The van der Waals surface area contributed by atoms with Crippen LogP contribution in [-0.4, -0.2) is 5.51 Å². The monoisotopic (exact) mass is 224 g/mol. The number of halogens is 3. The third-order valence-electron chi connectivity index (χ3n) is 1.31. The molecule has 0 aliphatic heterocycles. The Kier molecular flexibility index (Phi) is 3.55. The van der Waals surface area contributed by atoms with Crippen LogP contribution in [0.1, 0.15) is 5.56 Å². The van der Waals surface area contributed by atoms with Crippen molar-refractivity contribution in [1.29, 1.82) is 0 Å². The predicted octanol–water partition coefficient (Wildman–Crippen LogP) is 3.73. The molecule has 0 bridgehead atoms. The van der Waals surface area contributed by atoms with Crippen LogP contribution in [0.4, 0.5) is 13.2 Å². The van der Waals surface area contributed by atoms with Gasteiger partial charge in [-0.3, -0.25) is 0 Å². The molecule has 0 radical (unpaired) electrons. The Morgan fingerprint density at radius 1 is 1.31 bits per heavy atom. The highest BCUT2D eigenvalue weighted by Crippen LogP contribution is 2.36. The average Bonchev–Trinajstić information content (AvgIpc) is 2.01. The molecule has 0 saturated heterocycles. The lowest BCUT2D eigenvalue weighted by Crippen LogP contribution is -1.98. The van der Waals surface area contributed by atoms with Gasteiger partial charge in [-0.15, -0.1) is 0 Å². The molecule has 1 aromatic rings. The van der Waals surface area contributed by atoms with E-state index in [4.69, 9.17) is 0 Å². The summed E-state index contributed by atoms with van der Waals surface area (Å²) in [5.41, 5.74) is -3.42. The minimum absolute atomic E-state index is 0.104. The van der Waals surface area contributed by atoms with Crippen molar-refractivity contribution in [3.8, 4) is 0 Å². The highest BCUT2D eigenvalue weighted by molar-refractivity contribution is 8.00. The smallest absolute Gasteiger partial charge is 0.175 e. The minimum Gasteiger partial charge on any atom is -0.175 e. The van der Waals surface area contributed by atoms with Gasteiger partial charge in [0.15, 0.2) is 0 Å². The van der Waals surface area contributed by atoms with Gasteiger partial charge in [0.25, 0.3) is 0 Å². The second kappa shape index (κ2) is 4.28. The fraction of sp³-hybridized carbons (Fsp3) is 0.250. The topological polar surface area (TPSA) is 0 Å². The lowest BCUT2D eigenvalue weighted by Gasteiger charge is -2.05. The third kappa shape index (κ3) is 3.95. The lowest BCUT2D eigenvalue weighted by molar-refractivity contribution is -0.0328. The standard InChI is InChI=1S/C8H7F3S2/c9-8(10,11)13-7-3-1-2-6(4-7)5-12/h1-4,12H,5H2. The molecular formula is C8H7F3S2. The van der Waals surface area contributed by atoms with Crippen molar-refractivity contribution in [2.75, 3.05) is 0 Å². The van der Waals surface area contributed by atoms with Gasteiger partial charge in [-0.05, 0) is 29.5 Å². The first-order valence-corrected chi connectivity index (χ1v) is 4.92. The summed E-state index contributed by atoms with van der Waals surface area (Å²) in [6, 6.07) is 6.27. The van der Waals surface area contributed by atoms with Crippen molar-refractivity contribution in [2.24, 2.45) is 0 Å². The normalized spacial score (nSPS) is 11.7. The molecule has 72 valence electrons. The van der Waals surface area contributed by atoms with Gasteiger partial charge in [-0.25, -0.2) is 0 Å². The Morgan fingerprint density at radius 3 is 2.54 bits per heavy atom. The summed E-state index contributed by atoms with van der Waals surface area (Å²) in [7, 11) is 0. The van der Waals surface area contributed by atoms with Gasteiger partial charge in [-0.1, -0.05) is 12.1 Å². The van der Waals surface area contributed by atoms with E-state index in [0.29, 0.717) is 5.75 Å². The van der Waals surface area contributed by atoms with Crippen LogP contribution in [0.15, 0.2) is 29.2 Å². The summed E-state index contributed by atoms with van der Waals surface area (Å²) >= 11 is 3.87. The fourth-order valence-corrected chi connectivity index (χ4v) is 1.66. The van der Waals surface area contributed by atoms with Crippen molar-refractivity contribution in [3.05, 3.63) is 29.8 Å². The van der Waals surface area contributed by atoms with Gasteiger partial charge in [0, 0.05) is 10.6 Å². The molecule has 0 atom stereocenters.